The number of benzene rings is 1. The van der Waals surface area contributed by atoms with Gasteiger partial charge in [-0.3, -0.25) is 4.98 Å². The molecule has 7 N–H and O–H groups in total. The second-order valence-electron chi connectivity index (χ2n) is 4.99. The number of nitrogens with one attached hydrogen (secondary N) is 1. The predicted octanol–water partition coefficient (Wildman–Crippen LogP) is 2.49. The quantitative estimate of drug-likeness (QED) is 0.384. The lowest BCUT2D eigenvalue weighted by Crippen LogP contribution is -2.25. The molecule has 0 radical (unpaired) electrons. The molecule has 0 aliphatic heterocycles. The van der Waals surface area contributed by atoms with Gasteiger partial charge in [0.1, 0.15) is 11.5 Å². The van der Waals surface area contributed by atoms with Crippen molar-refractivity contribution in [3.8, 4) is 0 Å². The number of nitrogens with zero attached hydrogens (tertiary/aromatic N) is 2. The van der Waals surface area contributed by atoms with Crippen molar-refractivity contribution in [2.24, 2.45) is 22.2 Å². The number of para-hydroxylation sites is 1. The second kappa shape index (κ2) is 7.04. The number of alkyl halides is 3. The van der Waals surface area contributed by atoms with E-state index in [1.165, 1.54) is 6.20 Å². The Hall–Kier alpha value is -3.36. The maximum Gasteiger partial charge on any atom is 0.431 e. The minimum absolute atomic E-state index is 0.149. The SMILES string of the molecule is N=CC(=C(N)C(F)(F)F)/C(N)=C/C(N)=Nc1cnc2ccccc2c1. The van der Waals surface area contributed by atoms with Crippen LogP contribution in [0.3, 0.4) is 0 Å². The summed E-state index contributed by atoms with van der Waals surface area (Å²) in [6.45, 7) is 0. The highest BCUT2D eigenvalue weighted by Gasteiger charge is 2.34. The van der Waals surface area contributed by atoms with Crippen LogP contribution in [0.5, 0.6) is 0 Å². The van der Waals surface area contributed by atoms with E-state index < -0.39 is 23.1 Å². The number of nitrogens with two attached hydrogens (primary N) is 3. The smallest absolute Gasteiger partial charge is 0.398 e. The van der Waals surface area contributed by atoms with Crippen molar-refractivity contribution in [3.05, 3.63) is 59.6 Å². The maximum absolute atomic E-state index is 12.6. The van der Waals surface area contributed by atoms with E-state index in [4.69, 9.17) is 22.6 Å². The van der Waals surface area contributed by atoms with Gasteiger partial charge in [-0.05, 0) is 12.1 Å². The fourth-order valence-electron chi connectivity index (χ4n) is 2.01. The Balaban J connectivity index is 2.37. The van der Waals surface area contributed by atoms with Gasteiger partial charge < -0.3 is 22.6 Å². The van der Waals surface area contributed by atoms with E-state index >= 15 is 0 Å². The molecule has 1 aromatic heterocycles. The van der Waals surface area contributed by atoms with Gasteiger partial charge in [-0.15, -0.1) is 0 Å². The van der Waals surface area contributed by atoms with Gasteiger partial charge in [-0.25, -0.2) is 4.99 Å². The van der Waals surface area contributed by atoms with Crippen molar-refractivity contribution in [2.75, 3.05) is 0 Å². The average molecular weight is 348 g/mol. The van der Waals surface area contributed by atoms with Gasteiger partial charge in [0.15, 0.2) is 0 Å². The summed E-state index contributed by atoms with van der Waals surface area (Å²) >= 11 is 0. The van der Waals surface area contributed by atoms with E-state index in [9.17, 15) is 13.2 Å². The number of halogens is 3. The molecule has 130 valence electrons. The summed E-state index contributed by atoms with van der Waals surface area (Å²) in [5.41, 5.74) is 14.9. The normalized spacial score (nSPS) is 14.4. The van der Waals surface area contributed by atoms with Crippen molar-refractivity contribution < 1.29 is 13.2 Å². The molecule has 0 saturated heterocycles. The molecular weight excluding hydrogens is 333 g/mol. The lowest BCUT2D eigenvalue weighted by atomic mass is 10.1. The monoisotopic (exact) mass is 348 g/mol. The molecule has 0 unspecified atom stereocenters. The van der Waals surface area contributed by atoms with Crippen LogP contribution in [-0.2, 0) is 0 Å². The van der Waals surface area contributed by atoms with Gasteiger partial charge in [0.05, 0.1) is 17.4 Å². The molecule has 0 bridgehead atoms. The Kier molecular flexibility index (Phi) is 5.06. The minimum atomic E-state index is -4.81. The zero-order valence-corrected chi connectivity index (χ0v) is 12.9. The number of rotatable bonds is 4. The number of amidine groups is 1. The summed E-state index contributed by atoms with van der Waals surface area (Å²) in [5.74, 6) is -0.149. The van der Waals surface area contributed by atoms with Crippen LogP contribution in [0.15, 0.2) is 64.6 Å². The third-order valence-corrected chi connectivity index (χ3v) is 3.19. The highest BCUT2D eigenvalue weighted by atomic mass is 19.4. The molecule has 0 saturated carbocycles. The standard InChI is InChI=1S/C16H15F3N6/c17-16(18,19)15(23)11(7-20)12(21)6-14(22)25-10-5-9-3-1-2-4-13(9)24-8-10/h1-8,20H,21,23H2,(H2,22,25)/b12-6-,15-11?,20-7?. The Bertz CT molecular complexity index is 896. The van der Waals surface area contributed by atoms with Crippen LogP contribution in [0.2, 0.25) is 0 Å². The van der Waals surface area contributed by atoms with Gasteiger partial charge in [0, 0.05) is 28.9 Å². The first-order valence-corrected chi connectivity index (χ1v) is 6.96. The number of pyridine rings is 1. The molecule has 0 amide bonds. The van der Waals surface area contributed by atoms with Crippen LogP contribution in [0.4, 0.5) is 18.9 Å². The summed E-state index contributed by atoms with van der Waals surface area (Å²) in [6, 6.07) is 9.05. The first-order chi connectivity index (χ1) is 11.7. The zero-order valence-electron chi connectivity index (χ0n) is 12.9. The molecule has 0 aliphatic rings. The largest absolute Gasteiger partial charge is 0.431 e. The molecule has 0 fully saturated rings. The summed E-state index contributed by atoms with van der Waals surface area (Å²) in [6.07, 6.45) is -1.91. The highest BCUT2D eigenvalue weighted by molar-refractivity contribution is 5.97. The van der Waals surface area contributed by atoms with Gasteiger partial charge in [-0.2, -0.15) is 13.2 Å². The van der Waals surface area contributed by atoms with E-state index in [1.807, 2.05) is 24.3 Å². The van der Waals surface area contributed by atoms with Crippen molar-refractivity contribution in [3.63, 3.8) is 0 Å². The predicted molar refractivity (Wildman–Crippen MR) is 91.3 cm³/mol. The fourth-order valence-corrected chi connectivity index (χ4v) is 2.01. The first-order valence-electron chi connectivity index (χ1n) is 6.96. The van der Waals surface area contributed by atoms with Crippen molar-refractivity contribution in [1.82, 2.24) is 4.98 Å². The minimum Gasteiger partial charge on any atom is -0.398 e. The summed E-state index contributed by atoms with van der Waals surface area (Å²) in [7, 11) is 0. The van der Waals surface area contributed by atoms with Gasteiger partial charge in [-0.1, -0.05) is 18.2 Å². The molecule has 9 heteroatoms. The maximum atomic E-state index is 12.6. The van der Waals surface area contributed by atoms with E-state index in [2.05, 4.69) is 9.98 Å². The van der Waals surface area contributed by atoms with E-state index in [-0.39, 0.29) is 5.84 Å². The molecule has 1 aromatic carbocycles. The zero-order chi connectivity index (χ0) is 18.6. The molecule has 0 aliphatic carbocycles. The molecule has 0 atom stereocenters. The van der Waals surface area contributed by atoms with Gasteiger partial charge >= 0.3 is 6.18 Å². The summed E-state index contributed by atoms with van der Waals surface area (Å²) < 4.78 is 37.9. The molecule has 2 aromatic rings. The Morgan fingerprint density at radius 2 is 1.84 bits per heavy atom. The van der Waals surface area contributed by atoms with Gasteiger partial charge in [0.2, 0.25) is 0 Å². The fraction of sp³-hybridized carbons (Fsp3) is 0.0625. The van der Waals surface area contributed by atoms with Crippen LogP contribution in [-0.4, -0.2) is 23.2 Å². The molecule has 2 rings (SSSR count). The van der Waals surface area contributed by atoms with Crippen molar-refractivity contribution in [2.45, 2.75) is 6.18 Å². The van der Waals surface area contributed by atoms with Crippen LogP contribution >= 0.6 is 0 Å². The van der Waals surface area contributed by atoms with Crippen molar-refractivity contribution >= 4 is 28.6 Å². The molecule has 1 heterocycles. The molecule has 0 spiro atoms. The van der Waals surface area contributed by atoms with Crippen LogP contribution < -0.4 is 17.2 Å². The number of allylic oxidation sites excluding steroid dienone is 2. The molecular formula is C16H15F3N6. The van der Waals surface area contributed by atoms with E-state index in [0.717, 1.165) is 17.0 Å². The van der Waals surface area contributed by atoms with Crippen LogP contribution in [0.1, 0.15) is 0 Å². The first kappa shape index (κ1) is 18.0. The number of aromatic nitrogens is 1. The summed E-state index contributed by atoms with van der Waals surface area (Å²) in [5, 5.41) is 7.91. The number of fused-ring (bicyclic) bond motifs is 1. The number of hydrogen-bond donors (Lipinski definition) is 4. The Morgan fingerprint density at radius 1 is 1.16 bits per heavy atom. The Morgan fingerprint density at radius 3 is 2.48 bits per heavy atom. The Labute approximate surface area is 141 Å². The van der Waals surface area contributed by atoms with Crippen LogP contribution in [0, 0.1) is 5.41 Å². The van der Waals surface area contributed by atoms with E-state index in [1.54, 1.807) is 6.07 Å². The third kappa shape index (κ3) is 4.34. The highest BCUT2D eigenvalue weighted by Crippen LogP contribution is 2.25. The molecule has 25 heavy (non-hydrogen) atoms. The van der Waals surface area contributed by atoms with Crippen molar-refractivity contribution in [1.29, 1.82) is 5.41 Å². The lowest BCUT2D eigenvalue weighted by molar-refractivity contribution is -0.0930. The topological polar surface area (TPSA) is 127 Å². The summed E-state index contributed by atoms with van der Waals surface area (Å²) in [4.78, 5) is 8.24. The van der Waals surface area contributed by atoms with E-state index in [0.29, 0.717) is 11.9 Å². The average Bonchev–Trinajstić information content (AvgIpc) is 2.54. The van der Waals surface area contributed by atoms with Gasteiger partial charge in [0.25, 0.3) is 0 Å². The number of hydrogen-bond acceptors (Lipinski definition) is 5. The number of aliphatic imine (C=N–C) groups is 1. The van der Waals surface area contributed by atoms with Crippen LogP contribution in [0.25, 0.3) is 10.9 Å². The third-order valence-electron chi connectivity index (χ3n) is 3.19. The molecule has 6 nitrogen and oxygen atoms in total. The lowest BCUT2D eigenvalue weighted by Gasteiger charge is -2.11. The second-order valence-corrected chi connectivity index (χ2v) is 4.99.